The van der Waals surface area contributed by atoms with Crippen LogP contribution in [0.4, 0.5) is 18.9 Å². The molecule has 1 aromatic rings. The second kappa shape index (κ2) is 8.17. The molecule has 3 fully saturated rings. The van der Waals surface area contributed by atoms with E-state index in [4.69, 9.17) is 0 Å². The summed E-state index contributed by atoms with van der Waals surface area (Å²) in [5, 5.41) is 0. The molecule has 2 aliphatic heterocycles. The first-order valence-corrected chi connectivity index (χ1v) is 10.8. The number of rotatable bonds is 5. The highest BCUT2D eigenvalue weighted by Gasteiger charge is 2.44. The minimum Gasteiger partial charge on any atom is -0.369 e. The van der Waals surface area contributed by atoms with Crippen LogP contribution in [0.3, 0.4) is 0 Å². The molecule has 0 bridgehead atoms. The fourth-order valence-corrected chi connectivity index (χ4v) is 4.64. The van der Waals surface area contributed by atoms with Crippen LogP contribution in [-0.4, -0.2) is 61.5 Å². The summed E-state index contributed by atoms with van der Waals surface area (Å²) in [4.78, 5) is 19.0. The van der Waals surface area contributed by atoms with Crippen molar-refractivity contribution < 1.29 is 18.0 Å². The predicted molar refractivity (Wildman–Crippen MR) is 107 cm³/mol. The van der Waals surface area contributed by atoms with Gasteiger partial charge >= 0.3 is 6.18 Å². The Kier molecular flexibility index (Phi) is 5.78. The number of hydrogen-bond donors (Lipinski definition) is 0. The molecule has 4 nitrogen and oxygen atoms in total. The Hall–Kier alpha value is -1.76. The number of halogens is 3. The number of benzene rings is 1. The summed E-state index contributed by atoms with van der Waals surface area (Å²) in [6.07, 6.45) is 2.57. The van der Waals surface area contributed by atoms with E-state index < -0.39 is 11.7 Å². The number of alkyl halides is 3. The molecule has 160 valence electrons. The van der Waals surface area contributed by atoms with Gasteiger partial charge in [-0.3, -0.25) is 4.79 Å². The fraction of sp³-hybridized carbons (Fsp3) is 0.682. The number of piperidine rings is 1. The van der Waals surface area contributed by atoms with Crippen molar-refractivity contribution >= 4 is 11.6 Å². The largest absolute Gasteiger partial charge is 0.416 e. The lowest BCUT2D eigenvalue weighted by molar-refractivity contribution is -0.137. The summed E-state index contributed by atoms with van der Waals surface area (Å²) in [5.41, 5.74) is 0.799. The fourth-order valence-electron chi connectivity index (χ4n) is 4.64. The van der Waals surface area contributed by atoms with Gasteiger partial charge in [-0.05, 0) is 81.4 Å². The Morgan fingerprint density at radius 3 is 2.17 bits per heavy atom. The van der Waals surface area contributed by atoms with Crippen molar-refractivity contribution in [3.05, 3.63) is 29.8 Å². The molecule has 0 unspecified atom stereocenters. The van der Waals surface area contributed by atoms with Gasteiger partial charge in [0.25, 0.3) is 0 Å². The molecule has 1 saturated carbocycles. The first-order valence-electron chi connectivity index (χ1n) is 10.8. The predicted octanol–water partition coefficient (Wildman–Crippen LogP) is 4.01. The van der Waals surface area contributed by atoms with Crippen LogP contribution in [0.2, 0.25) is 0 Å². The normalized spacial score (nSPS) is 22.8. The van der Waals surface area contributed by atoms with Crippen molar-refractivity contribution in [2.75, 3.05) is 50.7 Å². The van der Waals surface area contributed by atoms with Crippen molar-refractivity contribution in [3.63, 3.8) is 0 Å². The van der Waals surface area contributed by atoms with Gasteiger partial charge in [-0.1, -0.05) is 0 Å². The highest BCUT2D eigenvalue weighted by atomic mass is 19.4. The minimum atomic E-state index is -4.32. The number of anilines is 1. The molecule has 1 aromatic carbocycles. The molecule has 0 N–H and O–H groups in total. The molecule has 0 aromatic heterocycles. The molecule has 2 saturated heterocycles. The number of carbonyl (C=O) groups is 1. The lowest BCUT2D eigenvalue weighted by Gasteiger charge is -2.32. The van der Waals surface area contributed by atoms with Crippen molar-refractivity contribution in [2.24, 2.45) is 5.41 Å². The van der Waals surface area contributed by atoms with Gasteiger partial charge in [0.15, 0.2) is 0 Å². The van der Waals surface area contributed by atoms with Crippen LogP contribution in [0.15, 0.2) is 24.3 Å². The van der Waals surface area contributed by atoms with Gasteiger partial charge < -0.3 is 14.7 Å². The Labute approximate surface area is 170 Å². The molecule has 1 aliphatic carbocycles. The van der Waals surface area contributed by atoms with E-state index in [1.165, 1.54) is 50.9 Å². The lowest BCUT2D eigenvalue weighted by atomic mass is 9.94. The summed E-state index contributed by atoms with van der Waals surface area (Å²) in [7, 11) is 0. The third kappa shape index (κ3) is 5.05. The standard InChI is InChI=1S/C22H30F3N3O/c23-22(24,25)18-2-4-19(5-3-18)27-13-6-20(29)28(17-16-27)12-1-11-26-14-9-21(7-8-21)10-15-26/h2-5H,1,6-17H2. The lowest BCUT2D eigenvalue weighted by Crippen LogP contribution is -2.38. The second-order valence-corrected chi connectivity index (χ2v) is 8.86. The van der Waals surface area contributed by atoms with Crippen molar-refractivity contribution in [1.82, 2.24) is 9.80 Å². The molecule has 1 spiro atoms. The molecule has 2 heterocycles. The molecular formula is C22H30F3N3O. The number of amides is 1. The highest BCUT2D eigenvalue weighted by Crippen LogP contribution is 2.53. The van der Waals surface area contributed by atoms with Crippen LogP contribution in [0.1, 0.15) is 44.1 Å². The second-order valence-electron chi connectivity index (χ2n) is 8.86. The molecule has 1 amide bonds. The maximum absolute atomic E-state index is 12.8. The molecule has 3 aliphatic rings. The van der Waals surface area contributed by atoms with E-state index >= 15 is 0 Å². The van der Waals surface area contributed by atoms with Gasteiger partial charge in [-0.25, -0.2) is 0 Å². The molecule has 0 radical (unpaired) electrons. The number of nitrogens with zero attached hydrogens (tertiary/aromatic N) is 3. The van der Waals surface area contributed by atoms with E-state index in [0.717, 1.165) is 37.3 Å². The third-order valence-electron chi connectivity index (χ3n) is 6.92. The van der Waals surface area contributed by atoms with Gasteiger partial charge in [0.1, 0.15) is 0 Å². The summed E-state index contributed by atoms with van der Waals surface area (Å²) >= 11 is 0. The first kappa shape index (κ1) is 20.5. The van der Waals surface area contributed by atoms with E-state index in [1.807, 2.05) is 9.80 Å². The summed E-state index contributed by atoms with van der Waals surface area (Å²) < 4.78 is 38.3. The highest BCUT2D eigenvalue weighted by molar-refractivity contribution is 5.77. The number of hydrogen-bond acceptors (Lipinski definition) is 3. The van der Waals surface area contributed by atoms with Crippen molar-refractivity contribution in [2.45, 2.75) is 44.7 Å². The zero-order chi connectivity index (χ0) is 20.5. The van der Waals surface area contributed by atoms with Gasteiger partial charge in [-0.2, -0.15) is 13.2 Å². The maximum atomic E-state index is 12.8. The van der Waals surface area contributed by atoms with Crippen LogP contribution < -0.4 is 4.90 Å². The maximum Gasteiger partial charge on any atom is 0.416 e. The van der Waals surface area contributed by atoms with Gasteiger partial charge in [0, 0.05) is 38.3 Å². The topological polar surface area (TPSA) is 26.8 Å². The van der Waals surface area contributed by atoms with E-state index in [-0.39, 0.29) is 5.91 Å². The summed E-state index contributed by atoms with van der Waals surface area (Å²) in [5.74, 6) is 0.148. The van der Waals surface area contributed by atoms with E-state index in [0.29, 0.717) is 31.5 Å². The van der Waals surface area contributed by atoms with Crippen molar-refractivity contribution in [1.29, 1.82) is 0 Å². The minimum absolute atomic E-state index is 0.148. The molecule has 4 rings (SSSR count). The molecular weight excluding hydrogens is 379 g/mol. The Morgan fingerprint density at radius 1 is 0.862 bits per heavy atom. The Morgan fingerprint density at radius 2 is 1.55 bits per heavy atom. The Balaban J connectivity index is 1.24. The summed E-state index contributed by atoms with van der Waals surface area (Å²) in [6, 6.07) is 5.24. The van der Waals surface area contributed by atoms with Crippen LogP contribution in [0.25, 0.3) is 0 Å². The number of likely N-dealkylation sites (tertiary alicyclic amines) is 1. The Bertz CT molecular complexity index is 705. The van der Waals surface area contributed by atoms with Gasteiger partial charge in [0.05, 0.1) is 5.56 Å². The number of carbonyl (C=O) groups excluding carboxylic acids is 1. The average molecular weight is 409 g/mol. The SMILES string of the molecule is O=C1CCN(c2ccc(C(F)(F)F)cc2)CCN1CCCN1CCC2(CC1)CC2. The summed E-state index contributed by atoms with van der Waals surface area (Å²) in [6.45, 7) is 6.02. The average Bonchev–Trinajstić information content (AvgIpc) is 3.48. The van der Waals surface area contributed by atoms with Crippen molar-refractivity contribution in [3.8, 4) is 0 Å². The quantitative estimate of drug-likeness (QED) is 0.735. The van der Waals surface area contributed by atoms with Crippen LogP contribution in [0, 0.1) is 5.41 Å². The van der Waals surface area contributed by atoms with E-state index in [2.05, 4.69) is 4.90 Å². The van der Waals surface area contributed by atoms with Gasteiger partial charge in [-0.15, -0.1) is 0 Å². The molecule has 0 atom stereocenters. The molecule has 29 heavy (non-hydrogen) atoms. The van der Waals surface area contributed by atoms with Gasteiger partial charge in [0.2, 0.25) is 5.91 Å². The van der Waals surface area contributed by atoms with Crippen LogP contribution >= 0.6 is 0 Å². The smallest absolute Gasteiger partial charge is 0.369 e. The van der Waals surface area contributed by atoms with Crippen LogP contribution in [0.5, 0.6) is 0 Å². The first-order chi connectivity index (χ1) is 13.8. The van der Waals surface area contributed by atoms with E-state index in [1.54, 1.807) is 0 Å². The third-order valence-corrected chi connectivity index (χ3v) is 6.92. The zero-order valence-corrected chi connectivity index (χ0v) is 16.9. The zero-order valence-electron chi connectivity index (χ0n) is 16.9. The monoisotopic (exact) mass is 409 g/mol. The molecule has 7 heteroatoms. The van der Waals surface area contributed by atoms with Crippen LogP contribution in [-0.2, 0) is 11.0 Å². The van der Waals surface area contributed by atoms with E-state index in [9.17, 15) is 18.0 Å².